The minimum absolute atomic E-state index is 0. The zero-order chi connectivity index (χ0) is 16.7. The van der Waals surface area contributed by atoms with Crippen LogP contribution in [0.1, 0.15) is 51.3 Å². The standard InChI is InChI=1S/C12H13.C10H15.2ClH.Zr/c1-8-6-11-9(2)4-5-10(3)12(11)7-8;1-7-6-10(4,5)9(3)8(7)2;;;/h4-7H,1-3H3;1-5H3;2*1H;/q2*-1;;;+4/p-2. The average molecular weight is 455 g/mol. The second-order valence-corrected chi connectivity index (χ2v) is 7.18. The van der Waals surface area contributed by atoms with Gasteiger partial charge in [0, 0.05) is 0 Å². The van der Waals surface area contributed by atoms with E-state index in [9.17, 15) is 0 Å². The Morgan fingerprint density at radius 1 is 0.880 bits per heavy atom. The molecule has 0 aromatic heterocycles. The molecule has 0 atom stereocenters. The predicted octanol–water partition coefficient (Wildman–Crippen LogP) is 0.602. The molecule has 0 amide bonds. The zero-order valence-corrected chi connectivity index (χ0v) is 20.5. The van der Waals surface area contributed by atoms with Crippen LogP contribution in [0.15, 0.2) is 41.0 Å². The number of benzene rings is 1. The summed E-state index contributed by atoms with van der Waals surface area (Å²) in [6, 6.07) is 8.91. The van der Waals surface area contributed by atoms with Crippen molar-refractivity contribution in [1.29, 1.82) is 0 Å². The van der Waals surface area contributed by atoms with E-state index in [1.165, 1.54) is 44.2 Å². The molecule has 25 heavy (non-hydrogen) atoms. The van der Waals surface area contributed by atoms with Crippen LogP contribution in [-0.2, 0) is 26.2 Å². The van der Waals surface area contributed by atoms with E-state index in [1.807, 2.05) is 0 Å². The summed E-state index contributed by atoms with van der Waals surface area (Å²) < 4.78 is 0. The van der Waals surface area contributed by atoms with E-state index in [-0.39, 0.29) is 56.4 Å². The van der Waals surface area contributed by atoms with Crippen LogP contribution in [0.2, 0.25) is 0 Å². The molecule has 1 aliphatic rings. The summed E-state index contributed by atoms with van der Waals surface area (Å²) in [6.07, 6.45) is 3.44. The number of fused-ring (bicyclic) bond motifs is 1. The maximum atomic E-state index is 3.44. The second-order valence-electron chi connectivity index (χ2n) is 7.18. The summed E-state index contributed by atoms with van der Waals surface area (Å²) in [5, 5.41) is 2.82. The van der Waals surface area contributed by atoms with Crippen LogP contribution in [0.3, 0.4) is 0 Å². The van der Waals surface area contributed by atoms with Crippen molar-refractivity contribution in [3.8, 4) is 0 Å². The number of aryl methyl sites for hydroxylation is 3. The number of hydrogen-bond acceptors (Lipinski definition) is 0. The molecule has 0 saturated heterocycles. The molecule has 0 unspecified atom stereocenters. The maximum absolute atomic E-state index is 3.44. The summed E-state index contributed by atoms with van der Waals surface area (Å²) in [5.74, 6) is 0. The van der Waals surface area contributed by atoms with Crippen LogP contribution in [0.5, 0.6) is 0 Å². The predicted molar refractivity (Wildman–Crippen MR) is 98.3 cm³/mol. The SMILES string of the molecule is CC1=[C-]C(C)(C)C(C)=C1C.Cc1cc2c(C)ccc(C)c2[cH-]1.[Cl-].[Cl-].[Zr+4]. The summed E-state index contributed by atoms with van der Waals surface area (Å²) in [6.45, 7) is 17.4. The molecule has 0 radical (unpaired) electrons. The normalized spacial score (nSPS) is 14.6. The van der Waals surface area contributed by atoms with Gasteiger partial charge in [-0.15, -0.1) is 41.0 Å². The largest absolute Gasteiger partial charge is 4.00 e. The molecule has 0 aliphatic heterocycles. The third-order valence-corrected chi connectivity index (χ3v) is 5.03. The molecule has 0 nitrogen and oxygen atoms in total. The number of halogens is 2. The van der Waals surface area contributed by atoms with Gasteiger partial charge in [0.15, 0.2) is 0 Å². The van der Waals surface area contributed by atoms with Gasteiger partial charge in [0.05, 0.1) is 0 Å². The van der Waals surface area contributed by atoms with Crippen LogP contribution in [0.25, 0.3) is 10.8 Å². The van der Waals surface area contributed by atoms with E-state index in [4.69, 9.17) is 0 Å². The Morgan fingerprint density at radius 3 is 1.76 bits per heavy atom. The Labute approximate surface area is 185 Å². The molecule has 1 aliphatic carbocycles. The Bertz CT molecular complexity index is 738. The van der Waals surface area contributed by atoms with Crippen molar-refractivity contribution < 1.29 is 51.0 Å². The van der Waals surface area contributed by atoms with E-state index in [0.29, 0.717) is 0 Å². The van der Waals surface area contributed by atoms with Crippen LogP contribution < -0.4 is 24.8 Å². The third kappa shape index (κ3) is 5.88. The van der Waals surface area contributed by atoms with Gasteiger partial charge in [-0.25, -0.2) is 5.57 Å². The van der Waals surface area contributed by atoms with Crippen molar-refractivity contribution in [2.45, 2.75) is 55.4 Å². The van der Waals surface area contributed by atoms with E-state index >= 15 is 0 Å². The number of allylic oxidation sites excluding steroid dienone is 4. The molecule has 0 bridgehead atoms. The minimum Gasteiger partial charge on any atom is -1.00 e. The fraction of sp³-hybridized carbons (Fsp3) is 0.409. The molecule has 0 saturated carbocycles. The molecule has 134 valence electrons. The van der Waals surface area contributed by atoms with Gasteiger partial charge in [-0.1, -0.05) is 58.6 Å². The second kappa shape index (κ2) is 10.2. The Hall–Kier alpha value is -0.227. The van der Waals surface area contributed by atoms with Crippen molar-refractivity contribution in [2.75, 3.05) is 0 Å². The van der Waals surface area contributed by atoms with Gasteiger partial charge in [-0.05, 0) is 6.92 Å². The molecule has 2 aromatic carbocycles. The molecule has 0 heterocycles. The first-order chi connectivity index (χ1) is 10.1. The first-order valence-corrected chi connectivity index (χ1v) is 8.07. The van der Waals surface area contributed by atoms with Crippen LogP contribution >= 0.6 is 0 Å². The van der Waals surface area contributed by atoms with Crippen molar-refractivity contribution in [3.05, 3.63) is 63.8 Å². The Balaban J connectivity index is 0. The topological polar surface area (TPSA) is 0 Å². The van der Waals surface area contributed by atoms with Gasteiger partial charge in [-0.2, -0.15) is 17.2 Å². The van der Waals surface area contributed by atoms with Gasteiger partial charge >= 0.3 is 26.2 Å². The molecule has 0 spiro atoms. The summed E-state index contributed by atoms with van der Waals surface area (Å²) >= 11 is 0. The van der Waals surface area contributed by atoms with Crippen LogP contribution in [-0.4, -0.2) is 0 Å². The molecule has 0 fully saturated rings. The van der Waals surface area contributed by atoms with Gasteiger partial charge in [0.2, 0.25) is 0 Å². The first kappa shape index (κ1) is 27.0. The quantitative estimate of drug-likeness (QED) is 0.512. The maximum Gasteiger partial charge on any atom is 4.00 e. The molecule has 0 N–H and O–H groups in total. The number of hydrogen-bond donors (Lipinski definition) is 0. The van der Waals surface area contributed by atoms with Crippen LogP contribution in [0, 0.1) is 32.3 Å². The van der Waals surface area contributed by atoms with Gasteiger partial charge in [0.1, 0.15) is 0 Å². The monoisotopic (exact) mass is 452 g/mol. The zero-order valence-electron chi connectivity index (χ0n) is 16.6. The molecule has 3 heteroatoms. The van der Waals surface area contributed by atoms with E-state index in [0.717, 1.165) is 0 Å². The summed E-state index contributed by atoms with van der Waals surface area (Å²) in [4.78, 5) is 0. The van der Waals surface area contributed by atoms with E-state index in [1.54, 1.807) is 0 Å². The summed E-state index contributed by atoms with van der Waals surface area (Å²) in [5.41, 5.74) is 8.51. The average Bonchev–Trinajstić information content (AvgIpc) is 2.91. The Morgan fingerprint density at radius 2 is 1.40 bits per heavy atom. The van der Waals surface area contributed by atoms with Crippen molar-refractivity contribution in [2.24, 2.45) is 5.41 Å². The van der Waals surface area contributed by atoms with Gasteiger partial charge in [0.25, 0.3) is 0 Å². The minimum atomic E-state index is 0. The fourth-order valence-electron chi connectivity index (χ4n) is 3.14. The molecule has 3 rings (SSSR count). The Kier molecular flexibility index (Phi) is 11.0. The first-order valence-electron chi connectivity index (χ1n) is 8.07. The molecular formula is C22H28Cl2Zr. The molecule has 2 aromatic rings. The van der Waals surface area contributed by atoms with Crippen molar-refractivity contribution >= 4 is 10.8 Å². The van der Waals surface area contributed by atoms with Crippen LogP contribution in [0.4, 0.5) is 0 Å². The van der Waals surface area contributed by atoms with Crippen molar-refractivity contribution in [1.82, 2.24) is 0 Å². The van der Waals surface area contributed by atoms with Gasteiger partial charge in [-0.3, -0.25) is 6.08 Å². The van der Waals surface area contributed by atoms with Gasteiger partial charge < -0.3 is 24.8 Å². The van der Waals surface area contributed by atoms with E-state index in [2.05, 4.69) is 85.7 Å². The summed E-state index contributed by atoms with van der Waals surface area (Å²) in [7, 11) is 0. The van der Waals surface area contributed by atoms with Crippen molar-refractivity contribution in [3.63, 3.8) is 0 Å². The number of rotatable bonds is 0. The van der Waals surface area contributed by atoms with E-state index < -0.39 is 0 Å². The smallest absolute Gasteiger partial charge is 1.00 e. The molecular weight excluding hydrogens is 426 g/mol. The fourth-order valence-corrected chi connectivity index (χ4v) is 3.14. The third-order valence-electron chi connectivity index (χ3n) is 5.03.